The maximum absolute atomic E-state index is 12.2. The molecule has 6 N–H and O–H groups in total. The molecule has 30 heavy (non-hydrogen) atoms. The Kier molecular flexibility index (Phi) is 8.75. The lowest BCUT2D eigenvalue weighted by Crippen LogP contribution is -2.59. The second kappa shape index (κ2) is 10.6. The van der Waals surface area contributed by atoms with E-state index < -0.39 is 71.7 Å². The van der Waals surface area contributed by atoms with Gasteiger partial charge < -0.3 is 31.9 Å². The average molecular weight is 426 g/mol. The lowest BCUT2D eigenvalue weighted by Gasteiger charge is -2.24. The van der Waals surface area contributed by atoms with Crippen molar-refractivity contribution in [2.24, 2.45) is 0 Å². The predicted molar refractivity (Wildman–Crippen MR) is 106 cm³/mol. The average Bonchev–Trinajstić information content (AvgIpc) is 2.66. The zero-order valence-electron chi connectivity index (χ0n) is 17.9. The van der Waals surface area contributed by atoms with Crippen molar-refractivity contribution in [3.05, 3.63) is 0 Å². The number of carbonyl (C=O) groups is 6. The predicted octanol–water partition coefficient (Wildman–Crippen LogP) is -2.97. The summed E-state index contributed by atoms with van der Waals surface area (Å²) >= 11 is 0. The molecule has 0 unspecified atom stereocenters. The lowest BCUT2D eigenvalue weighted by atomic mass is 10.2. The summed E-state index contributed by atoms with van der Waals surface area (Å²) in [5.41, 5.74) is 0. The van der Waals surface area contributed by atoms with Crippen LogP contribution >= 0.6 is 0 Å². The fourth-order valence-electron chi connectivity index (χ4n) is 2.42. The molecule has 1 fully saturated rings. The molecular formula is C18H30N6O6. The van der Waals surface area contributed by atoms with Crippen LogP contribution in [0.1, 0.15) is 41.5 Å². The molecule has 0 spiro atoms. The lowest BCUT2D eigenvalue weighted by molar-refractivity contribution is -0.135. The van der Waals surface area contributed by atoms with Crippen LogP contribution in [0.25, 0.3) is 0 Å². The minimum atomic E-state index is -0.982. The second-order valence-corrected chi connectivity index (χ2v) is 7.38. The third-order valence-corrected chi connectivity index (χ3v) is 4.51. The van der Waals surface area contributed by atoms with Gasteiger partial charge >= 0.3 is 0 Å². The van der Waals surface area contributed by atoms with Gasteiger partial charge in [0, 0.05) is 0 Å². The number of carbonyl (C=O) groups excluding carboxylic acids is 6. The molecule has 0 radical (unpaired) electrons. The van der Waals surface area contributed by atoms with Gasteiger partial charge in [-0.05, 0) is 41.5 Å². The van der Waals surface area contributed by atoms with Crippen molar-refractivity contribution in [1.82, 2.24) is 31.9 Å². The van der Waals surface area contributed by atoms with Crippen LogP contribution in [0.2, 0.25) is 0 Å². The summed E-state index contributed by atoms with van der Waals surface area (Å²) in [6.07, 6.45) is 0. The van der Waals surface area contributed by atoms with E-state index in [4.69, 9.17) is 0 Å². The van der Waals surface area contributed by atoms with Gasteiger partial charge in [0.1, 0.15) is 36.3 Å². The monoisotopic (exact) mass is 426 g/mol. The van der Waals surface area contributed by atoms with Crippen molar-refractivity contribution in [1.29, 1.82) is 0 Å². The molecule has 6 amide bonds. The summed E-state index contributed by atoms with van der Waals surface area (Å²) in [4.78, 5) is 73.4. The van der Waals surface area contributed by atoms with Crippen LogP contribution in [-0.4, -0.2) is 71.7 Å². The Labute approximate surface area is 174 Å². The van der Waals surface area contributed by atoms with E-state index in [1.54, 1.807) is 0 Å². The van der Waals surface area contributed by atoms with Crippen molar-refractivity contribution in [3.8, 4) is 0 Å². The minimum absolute atomic E-state index is 0.614. The first-order chi connectivity index (χ1) is 13.8. The van der Waals surface area contributed by atoms with Crippen molar-refractivity contribution < 1.29 is 28.8 Å². The molecule has 1 aliphatic rings. The van der Waals surface area contributed by atoms with Gasteiger partial charge in [0.05, 0.1) is 0 Å². The van der Waals surface area contributed by atoms with E-state index in [0.29, 0.717) is 0 Å². The molecular weight excluding hydrogens is 396 g/mol. The molecule has 0 aromatic heterocycles. The van der Waals surface area contributed by atoms with Gasteiger partial charge in [0.15, 0.2) is 0 Å². The van der Waals surface area contributed by atoms with Crippen LogP contribution in [0.4, 0.5) is 0 Å². The summed E-state index contributed by atoms with van der Waals surface area (Å²) in [6.45, 7) is 8.53. The molecule has 0 saturated carbocycles. The number of hydrogen-bond acceptors (Lipinski definition) is 6. The molecule has 0 aromatic carbocycles. The van der Waals surface area contributed by atoms with Gasteiger partial charge in [-0.1, -0.05) is 0 Å². The highest BCUT2D eigenvalue weighted by atomic mass is 16.2. The van der Waals surface area contributed by atoms with E-state index in [2.05, 4.69) is 31.9 Å². The summed E-state index contributed by atoms with van der Waals surface area (Å²) in [7, 11) is 0. The van der Waals surface area contributed by atoms with Crippen LogP contribution in [0.5, 0.6) is 0 Å². The highest BCUT2D eigenvalue weighted by Crippen LogP contribution is 1.95. The third kappa shape index (κ3) is 7.01. The summed E-state index contributed by atoms with van der Waals surface area (Å²) in [6, 6.07) is -5.89. The van der Waals surface area contributed by atoms with Crippen molar-refractivity contribution in [2.45, 2.75) is 77.8 Å². The van der Waals surface area contributed by atoms with Crippen LogP contribution in [0.15, 0.2) is 0 Å². The molecule has 0 aromatic rings. The number of hydrogen-bond donors (Lipinski definition) is 6. The maximum Gasteiger partial charge on any atom is 0.242 e. The van der Waals surface area contributed by atoms with Crippen LogP contribution in [-0.2, 0) is 28.8 Å². The Morgan fingerprint density at radius 2 is 0.433 bits per heavy atom. The van der Waals surface area contributed by atoms with Gasteiger partial charge in [-0.25, -0.2) is 0 Å². The Balaban J connectivity index is 3.04. The molecule has 1 heterocycles. The van der Waals surface area contributed by atoms with Crippen molar-refractivity contribution in [2.75, 3.05) is 0 Å². The molecule has 1 rings (SSSR count). The van der Waals surface area contributed by atoms with Gasteiger partial charge in [-0.15, -0.1) is 0 Å². The largest absolute Gasteiger partial charge is 0.343 e. The fraction of sp³-hybridized carbons (Fsp3) is 0.667. The van der Waals surface area contributed by atoms with E-state index in [-0.39, 0.29) is 0 Å². The molecule has 1 aliphatic heterocycles. The maximum atomic E-state index is 12.2. The first-order valence-corrected chi connectivity index (χ1v) is 9.65. The highest BCUT2D eigenvalue weighted by molar-refractivity contribution is 5.97. The van der Waals surface area contributed by atoms with Gasteiger partial charge in [0.2, 0.25) is 35.4 Å². The van der Waals surface area contributed by atoms with E-state index in [0.717, 1.165) is 0 Å². The standard InChI is InChI=1S/C18H30N6O6/c1-7-13(25)20-9(3)15(27)22-11(5)17(29)24-12(6)18(30)23-10(4)16(28)21-8(2)14(26)19-7/h7-12H,1-6H3,(H,19,26)(H,20,25)(H,21,28)(H,22,27)(H,23,30)(H,24,29)/t7-,8-,9-,10-,11-,12-/m0/s1. The number of amides is 6. The normalized spacial score (nSPS) is 33.0. The molecule has 0 aliphatic carbocycles. The molecule has 0 bridgehead atoms. The summed E-state index contributed by atoms with van der Waals surface area (Å²) in [5, 5.41) is 14.6. The SMILES string of the molecule is C[C@@H]1NC(=O)[C@H](C)NC(=O)[C@H](C)NC(=O)[C@H](C)NC(=O)[C@H](C)NC(=O)[C@H](C)NC1=O. The second-order valence-electron chi connectivity index (χ2n) is 7.38. The first-order valence-electron chi connectivity index (χ1n) is 9.65. The Morgan fingerprint density at radius 3 is 0.533 bits per heavy atom. The Morgan fingerprint density at radius 1 is 0.333 bits per heavy atom. The van der Waals surface area contributed by atoms with Gasteiger partial charge in [0.25, 0.3) is 0 Å². The van der Waals surface area contributed by atoms with Crippen LogP contribution < -0.4 is 31.9 Å². The minimum Gasteiger partial charge on any atom is -0.343 e. The Hall–Kier alpha value is -3.18. The molecule has 6 atom stereocenters. The topological polar surface area (TPSA) is 175 Å². The van der Waals surface area contributed by atoms with E-state index in [1.807, 2.05) is 0 Å². The van der Waals surface area contributed by atoms with Gasteiger partial charge in [-0.2, -0.15) is 0 Å². The molecule has 1 saturated heterocycles. The van der Waals surface area contributed by atoms with Crippen LogP contribution in [0, 0.1) is 0 Å². The molecule has 168 valence electrons. The third-order valence-electron chi connectivity index (χ3n) is 4.51. The van der Waals surface area contributed by atoms with Crippen molar-refractivity contribution in [3.63, 3.8) is 0 Å². The zero-order chi connectivity index (χ0) is 23.2. The smallest absolute Gasteiger partial charge is 0.242 e. The number of nitrogens with one attached hydrogen (secondary N) is 6. The molecule has 12 heteroatoms. The highest BCUT2D eigenvalue weighted by Gasteiger charge is 2.28. The van der Waals surface area contributed by atoms with Crippen molar-refractivity contribution >= 4 is 35.4 Å². The number of rotatable bonds is 0. The summed E-state index contributed by atoms with van der Waals surface area (Å²) < 4.78 is 0. The Bertz CT molecular complexity index is 571. The van der Waals surface area contributed by atoms with E-state index in [9.17, 15) is 28.8 Å². The van der Waals surface area contributed by atoms with E-state index >= 15 is 0 Å². The summed E-state index contributed by atoms with van der Waals surface area (Å²) in [5.74, 6) is -3.68. The zero-order valence-corrected chi connectivity index (χ0v) is 17.9. The fourth-order valence-corrected chi connectivity index (χ4v) is 2.42. The quantitative estimate of drug-likeness (QED) is 0.241. The van der Waals surface area contributed by atoms with Crippen LogP contribution in [0.3, 0.4) is 0 Å². The van der Waals surface area contributed by atoms with E-state index in [1.165, 1.54) is 41.5 Å². The first kappa shape index (κ1) is 24.9. The molecule has 12 nitrogen and oxygen atoms in total. The van der Waals surface area contributed by atoms with Gasteiger partial charge in [-0.3, -0.25) is 28.8 Å².